The molecule has 18 heavy (non-hydrogen) atoms. The highest BCUT2D eigenvalue weighted by Crippen LogP contribution is 2.29. The lowest BCUT2D eigenvalue weighted by Gasteiger charge is -2.08. The Morgan fingerprint density at radius 2 is 1.83 bits per heavy atom. The van der Waals surface area contributed by atoms with Crippen molar-refractivity contribution in [3.05, 3.63) is 48.7 Å². The standard InChI is InChI=1S/C15H12N2O/c1-10(18)17-15-6-2-4-11-12-5-3-9-16-14(12)8-7-13(11)15/h2-9H,1H3,(H,17,18). The molecule has 3 rings (SSSR count). The van der Waals surface area contributed by atoms with E-state index in [-0.39, 0.29) is 5.91 Å². The highest BCUT2D eigenvalue weighted by atomic mass is 16.1. The van der Waals surface area contributed by atoms with Crippen molar-refractivity contribution < 1.29 is 4.79 Å². The minimum absolute atomic E-state index is 0.0613. The lowest BCUT2D eigenvalue weighted by atomic mass is 10.0. The summed E-state index contributed by atoms with van der Waals surface area (Å²) in [6.45, 7) is 1.52. The Morgan fingerprint density at radius 1 is 1.00 bits per heavy atom. The van der Waals surface area contributed by atoms with E-state index in [1.165, 1.54) is 6.92 Å². The van der Waals surface area contributed by atoms with Gasteiger partial charge in [0.15, 0.2) is 0 Å². The second-order valence-corrected chi connectivity index (χ2v) is 4.22. The number of nitrogens with zero attached hydrogens (tertiary/aromatic N) is 1. The molecule has 2 aromatic carbocycles. The van der Waals surface area contributed by atoms with Crippen LogP contribution in [0.2, 0.25) is 0 Å². The van der Waals surface area contributed by atoms with Crippen LogP contribution < -0.4 is 5.32 Å². The first-order valence-corrected chi connectivity index (χ1v) is 5.80. The van der Waals surface area contributed by atoms with Gasteiger partial charge in [-0.25, -0.2) is 0 Å². The molecule has 1 aromatic heterocycles. The van der Waals surface area contributed by atoms with Gasteiger partial charge in [0.2, 0.25) is 5.91 Å². The number of carbonyl (C=O) groups is 1. The van der Waals surface area contributed by atoms with E-state index in [1.807, 2.05) is 42.5 Å². The number of carbonyl (C=O) groups excluding carboxylic acids is 1. The average Bonchev–Trinajstić information content (AvgIpc) is 2.38. The largest absolute Gasteiger partial charge is 0.326 e. The zero-order chi connectivity index (χ0) is 12.5. The molecule has 0 bridgehead atoms. The summed E-state index contributed by atoms with van der Waals surface area (Å²) in [4.78, 5) is 15.5. The van der Waals surface area contributed by atoms with Gasteiger partial charge in [0.25, 0.3) is 0 Å². The van der Waals surface area contributed by atoms with E-state index in [0.29, 0.717) is 0 Å². The van der Waals surface area contributed by atoms with Crippen molar-refractivity contribution in [2.24, 2.45) is 0 Å². The molecule has 0 radical (unpaired) electrons. The number of aromatic nitrogens is 1. The quantitative estimate of drug-likeness (QED) is 0.658. The van der Waals surface area contributed by atoms with Crippen LogP contribution in [-0.2, 0) is 4.79 Å². The molecule has 1 amide bonds. The molecule has 0 atom stereocenters. The normalized spacial score (nSPS) is 10.7. The van der Waals surface area contributed by atoms with Gasteiger partial charge in [-0.2, -0.15) is 0 Å². The molecular weight excluding hydrogens is 224 g/mol. The third kappa shape index (κ3) is 1.70. The number of amides is 1. The third-order valence-corrected chi connectivity index (χ3v) is 2.95. The van der Waals surface area contributed by atoms with Crippen LogP contribution in [-0.4, -0.2) is 10.9 Å². The Hall–Kier alpha value is -2.42. The molecular formula is C15H12N2O. The Balaban J connectivity index is 2.36. The van der Waals surface area contributed by atoms with Gasteiger partial charge in [-0.15, -0.1) is 0 Å². The van der Waals surface area contributed by atoms with Crippen molar-refractivity contribution in [3.8, 4) is 0 Å². The molecule has 3 nitrogen and oxygen atoms in total. The monoisotopic (exact) mass is 236 g/mol. The summed E-state index contributed by atoms with van der Waals surface area (Å²) in [6.07, 6.45) is 1.78. The van der Waals surface area contributed by atoms with Gasteiger partial charge < -0.3 is 5.32 Å². The van der Waals surface area contributed by atoms with Gasteiger partial charge in [0.1, 0.15) is 0 Å². The summed E-state index contributed by atoms with van der Waals surface area (Å²) in [7, 11) is 0. The lowest BCUT2D eigenvalue weighted by Crippen LogP contribution is -2.05. The fourth-order valence-electron chi connectivity index (χ4n) is 2.22. The predicted molar refractivity (Wildman–Crippen MR) is 73.6 cm³/mol. The number of nitrogens with one attached hydrogen (secondary N) is 1. The van der Waals surface area contributed by atoms with Crippen molar-refractivity contribution in [1.29, 1.82) is 0 Å². The molecule has 1 heterocycles. The van der Waals surface area contributed by atoms with E-state index in [4.69, 9.17) is 0 Å². The molecule has 3 aromatic rings. The van der Waals surface area contributed by atoms with Gasteiger partial charge in [0.05, 0.1) is 5.52 Å². The summed E-state index contributed by atoms with van der Waals surface area (Å²) < 4.78 is 0. The molecule has 0 saturated heterocycles. The first-order valence-electron chi connectivity index (χ1n) is 5.80. The van der Waals surface area contributed by atoms with Crippen molar-refractivity contribution in [3.63, 3.8) is 0 Å². The van der Waals surface area contributed by atoms with E-state index in [0.717, 1.165) is 27.4 Å². The van der Waals surface area contributed by atoms with E-state index in [2.05, 4.69) is 10.3 Å². The fraction of sp³-hybridized carbons (Fsp3) is 0.0667. The molecule has 3 heteroatoms. The Bertz CT molecular complexity index is 750. The molecule has 0 aliphatic heterocycles. The highest BCUT2D eigenvalue weighted by Gasteiger charge is 2.05. The van der Waals surface area contributed by atoms with Crippen LogP contribution in [0.15, 0.2) is 48.7 Å². The maximum atomic E-state index is 11.2. The summed E-state index contributed by atoms with van der Waals surface area (Å²) in [5.74, 6) is -0.0613. The third-order valence-electron chi connectivity index (χ3n) is 2.95. The van der Waals surface area contributed by atoms with Crippen LogP contribution in [0.5, 0.6) is 0 Å². The van der Waals surface area contributed by atoms with Crippen molar-refractivity contribution in [2.75, 3.05) is 5.32 Å². The number of benzene rings is 2. The number of fused-ring (bicyclic) bond motifs is 3. The molecule has 1 N–H and O–H groups in total. The van der Waals surface area contributed by atoms with Crippen LogP contribution in [0.3, 0.4) is 0 Å². The van der Waals surface area contributed by atoms with Crippen molar-refractivity contribution in [1.82, 2.24) is 4.98 Å². The molecule has 0 fully saturated rings. The predicted octanol–water partition coefficient (Wildman–Crippen LogP) is 3.35. The zero-order valence-electron chi connectivity index (χ0n) is 9.97. The van der Waals surface area contributed by atoms with Crippen LogP contribution in [0.25, 0.3) is 21.7 Å². The van der Waals surface area contributed by atoms with E-state index >= 15 is 0 Å². The molecule has 0 aliphatic rings. The van der Waals surface area contributed by atoms with Gasteiger partial charge in [-0.05, 0) is 23.6 Å². The first-order chi connectivity index (χ1) is 8.75. The average molecular weight is 236 g/mol. The summed E-state index contributed by atoms with van der Waals surface area (Å²) in [6, 6.07) is 13.8. The molecule has 0 aliphatic carbocycles. The van der Waals surface area contributed by atoms with Crippen molar-refractivity contribution in [2.45, 2.75) is 6.92 Å². The highest BCUT2D eigenvalue weighted by molar-refractivity contribution is 6.12. The van der Waals surface area contributed by atoms with Gasteiger partial charge >= 0.3 is 0 Å². The number of anilines is 1. The summed E-state index contributed by atoms with van der Waals surface area (Å²) >= 11 is 0. The smallest absolute Gasteiger partial charge is 0.221 e. The maximum Gasteiger partial charge on any atom is 0.221 e. The SMILES string of the molecule is CC(=O)Nc1cccc2c1ccc1ncccc12. The number of hydrogen-bond acceptors (Lipinski definition) is 2. The lowest BCUT2D eigenvalue weighted by molar-refractivity contribution is -0.114. The van der Waals surface area contributed by atoms with Crippen molar-refractivity contribution >= 4 is 33.3 Å². The minimum atomic E-state index is -0.0613. The first kappa shape index (κ1) is 10.7. The van der Waals surface area contributed by atoms with Crippen LogP contribution >= 0.6 is 0 Å². The Labute approximate surface area is 104 Å². The summed E-state index contributed by atoms with van der Waals surface area (Å²) in [5.41, 5.74) is 1.80. The Kier molecular flexibility index (Phi) is 2.45. The molecule has 88 valence electrons. The topological polar surface area (TPSA) is 42.0 Å². The maximum absolute atomic E-state index is 11.2. The van der Waals surface area contributed by atoms with Crippen LogP contribution in [0.4, 0.5) is 5.69 Å². The van der Waals surface area contributed by atoms with E-state index in [9.17, 15) is 4.79 Å². The summed E-state index contributed by atoms with van der Waals surface area (Å²) in [5, 5.41) is 6.09. The number of rotatable bonds is 1. The molecule has 0 saturated carbocycles. The van der Waals surface area contributed by atoms with Gasteiger partial charge in [0, 0.05) is 29.6 Å². The Morgan fingerprint density at radius 3 is 2.67 bits per heavy atom. The fourth-order valence-corrected chi connectivity index (χ4v) is 2.22. The second kappa shape index (κ2) is 4.11. The number of hydrogen-bond donors (Lipinski definition) is 1. The number of pyridine rings is 1. The van der Waals surface area contributed by atoms with Crippen LogP contribution in [0.1, 0.15) is 6.92 Å². The molecule has 0 unspecified atom stereocenters. The van der Waals surface area contributed by atoms with Gasteiger partial charge in [-0.1, -0.05) is 24.3 Å². The van der Waals surface area contributed by atoms with Gasteiger partial charge in [-0.3, -0.25) is 9.78 Å². The van der Waals surface area contributed by atoms with E-state index < -0.39 is 0 Å². The molecule has 0 spiro atoms. The second-order valence-electron chi connectivity index (χ2n) is 4.22. The minimum Gasteiger partial charge on any atom is -0.326 e. The zero-order valence-corrected chi connectivity index (χ0v) is 9.97. The van der Waals surface area contributed by atoms with Crippen LogP contribution in [0, 0.1) is 0 Å². The van der Waals surface area contributed by atoms with E-state index in [1.54, 1.807) is 6.20 Å².